The van der Waals surface area contributed by atoms with E-state index in [1.165, 1.54) is 59.1 Å². The lowest BCUT2D eigenvalue weighted by Gasteiger charge is -2.33. The highest BCUT2D eigenvalue weighted by Gasteiger charge is 2.47. The third kappa shape index (κ3) is 6.45. The third-order valence-electron chi connectivity index (χ3n) is 13.7. The van der Waals surface area contributed by atoms with E-state index >= 15 is 0 Å². The van der Waals surface area contributed by atoms with Crippen molar-refractivity contribution in [3.63, 3.8) is 0 Å². The van der Waals surface area contributed by atoms with Crippen LogP contribution in [0.25, 0.3) is 98.8 Å². The highest BCUT2D eigenvalue weighted by atomic mass is 32.1. The molecule has 12 aromatic rings. The normalized spacial score (nSPS) is 12.5. The number of thiophene rings is 1. The summed E-state index contributed by atoms with van der Waals surface area (Å²) < 4.78 is 2.62. The monoisotopic (exact) mass is 883 g/mol. The van der Waals surface area contributed by atoms with Crippen molar-refractivity contribution in [2.75, 3.05) is 0 Å². The molecule has 0 spiro atoms. The van der Waals surface area contributed by atoms with Crippen LogP contribution in [0.3, 0.4) is 0 Å². The van der Waals surface area contributed by atoms with Gasteiger partial charge in [-0.05, 0) is 78.9 Å². The Morgan fingerprint density at radius 1 is 0.294 bits per heavy atom. The van der Waals surface area contributed by atoms with Gasteiger partial charge in [0.05, 0.1) is 5.41 Å². The van der Waals surface area contributed by atoms with Gasteiger partial charge in [0.2, 0.25) is 0 Å². The van der Waals surface area contributed by atoms with Crippen molar-refractivity contribution in [3.8, 4) is 78.7 Å². The summed E-state index contributed by atoms with van der Waals surface area (Å²) >= 11 is 1.86. The van der Waals surface area contributed by atoms with Gasteiger partial charge in [-0.1, -0.05) is 237 Å². The zero-order valence-electron chi connectivity index (χ0n) is 36.9. The van der Waals surface area contributed by atoms with Gasteiger partial charge in [-0.2, -0.15) is 0 Å². The molecule has 68 heavy (non-hydrogen) atoms. The molecule has 0 atom stereocenters. The van der Waals surface area contributed by atoms with Gasteiger partial charge in [0.1, 0.15) is 0 Å². The Morgan fingerprint density at radius 3 is 1.56 bits per heavy atom. The third-order valence-corrected chi connectivity index (χ3v) is 14.9. The molecule has 0 fully saturated rings. The minimum Gasteiger partial charge on any atom is -0.208 e. The van der Waals surface area contributed by atoms with Gasteiger partial charge in [0, 0.05) is 36.9 Å². The summed E-state index contributed by atoms with van der Waals surface area (Å²) in [6.45, 7) is 0. The summed E-state index contributed by atoms with van der Waals surface area (Å²) in [4.78, 5) is 16.2. The van der Waals surface area contributed by atoms with Crippen molar-refractivity contribution in [2.45, 2.75) is 5.41 Å². The maximum absolute atomic E-state index is 5.45. The lowest BCUT2D eigenvalue weighted by Crippen LogP contribution is -2.28. The topological polar surface area (TPSA) is 38.7 Å². The fraction of sp³-hybridized carbons (Fsp3) is 0.0156. The molecule has 0 N–H and O–H groups in total. The van der Waals surface area contributed by atoms with E-state index in [1.807, 2.05) is 11.3 Å². The van der Waals surface area contributed by atoms with Gasteiger partial charge >= 0.3 is 0 Å². The molecule has 0 aliphatic heterocycles. The summed E-state index contributed by atoms with van der Waals surface area (Å²) in [7, 11) is 0. The molecule has 0 radical (unpaired) electrons. The Balaban J connectivity index is 0.976. The van der Waals surface area contributed by atoms with Crippen LogP contribution in [0, 0.1) is 0 Å². The second-order valence-electron chi connectivity index (χ2n) is 17.4. The second-order valence-corrected chi connectivity index (χ2v) is 18.5. The first-order chi connectivity index (χ1) is 33.7. The fourth-order valence-electron chi connectivity index (χ4n) is 10.6. The molecule has 4 heteroatoms. The molecule has 2 heterocycles. The molecule has 0 saturated heterocycles. The SMILES string of the molecule is c1ccc(-c2ccccc2-c2nc(-c3ccc(-c4cccc(-c5cccc6c5sc5ccccc56)c4)cc3)nc(-c3cccc4c3-c3ccccc3C4(c3ccccc3)c3ccccc3)n2)cc1. The van der Waals surface area contributed by atoms with Crippen molar-refractivity contribution in [1.82, 2.24) is 15.0 Å². The average molecular weight is 884 g/mol. The maximum Gasteiger partial charge on any atom is 0.164 e. The molecule has 2 aromatic heterocycles. The summed E-state index contributed by atoms with van der Waals surface area (Å²) in [5, 5.41) is 2.61. The van der Waals surface area contributed by atoms with Crippen LogP contribution in [0.4, 0.5) is 0 Å². The van der Waals surface area contributed by atoms with Crippen molar-refractivity contribution in [1.29, 1.82) is 0 Å². The summed E-state index contributed by atoms with van der Waals surface area (Å²) in [5.41, 5.74) is 16.4. The minimum absolute atomic E-state index is 0.555. The standard InChI is InChI=1S/C64H41N3S/c1-4-19-43(20-5-1)49-27-10-11-29-53(49)62-65-61(44-39-37-42(38-40-44)45-21-16-22-46(41-45)50-31-17-32-52-51-28-13-15-36-58(51)68-60(50)52)66-63(67-62)55-33-18-35-57-59(55)54-30-12-14-34-56(54)64(57,47-23-6-2-7-24-47)48-25-8-3-9-26-48/h1-41H. The molecule has 10 aromatic carbocycles. The van der Waals surface area contributed by atoms with E-state index in [-0.39, 0.29) is 0 Å². The zero-order chi connectivity index (χ0) is 45.0. The molecule has 0 unspecified atom stereocenters. The van der Waals surface area contributed by atoms with Crippen LogP contribution in [-0.4, -0.2) is 15.0 Å². The number of aromatic nitrogens is 3. The Hall–Kier alpha value is -8.57. The van der Waals surface area contributed by atoms with Crippen LogP contribution in [0.5, 0.6) is 0 Å². The van der Waals surface area contributed by atoms with Gasteiger partial charge in [-0.3, -0.25) is 0 Å². The highest BCUT2D eigenvalue weighted by Crippen LogP contribution is 2.58. The van der Waals surface area contributed by atoms with Crippen molar-refractivity contribution in [3.05, 3.63) is 271 Å². The lowest BCUT2D eigenvalue weighted by molar-refractivity contribution is 0.768. The summed E-state index contributed by atoms with van der Waals surface area (Å²) in [5.74, 6) is 1.87. The molecule has 0 amide bonds. The van der Waals surface area contributed by atoms with Gasteiger partial charge in [-0.25, -0.2) is 15.0 Å². The van der Waals surface area contributed by atoms with Crippen molar-refractivity contribution >= 4 is 31.5 Å². The molecule has 0 saturated carbocycles. The van der Waals surface area contributed by atoms with E-state index in [0.717, 1.165) is 44.5 Å². The van der Waals surface area contributed by atoms with Crippen LogP contribution >= 0.6 is 11.3 Å². The highest BCUT2D eigenvalue weighted by molar-refractivity contribution is 7.26. The average Bonchev–Trinajstić information content (AvgIpc) is 3.96. The molecular weight excluding hydrogens is 843 g/mol. The molecule has 1 aliphatic rings. The maximum atomic E-state index is 5.45. The molecule has 3 nitrogen and oxygen atoms in total. The number of nitrogens with zero attached hydrogens (tertiary/aromatic N) is 3. The van der Waals surface area contributed by atoms with Gasteiger partial charge in [0.25, 0.3) is 0 Å². The Kier molecular flexibility index (Phi) is 9.59. The Labute approximate surface area is 399 Å². The summed E-state index contributed by atoms with van der Waals surface area (Å²) in [6.07, 6.45) is 0. The number of hydrogen-bond donors (Lipinski definition) is 0. The molecular formula is C64H41N3S. The first-order valence-corrected chi connectivity index (χ1v) is 23.9. The van der Waals surface area contributed by atoms with E-state index in [9.17, 15) is 0 Å². The quantitative estimate of drug-likeness (QED) is 0.153. The predicted molar refractivity (Wildman–Crippen MR) is 283 cm³/mol. The second kappa shape index (κ2) is 16.4. The molecule has 13 rings (SSSR count). The Morgan fingerprint density at radius 2 is 0.794 bits per heavy atom. The van der Waals surface area contributed by atoms with Crippen LogP contribution in [0.2, 0.25) is 0 Å². The van der Waals surface area contributed by atoms with Crippen LogP contribution in [0.1, 0.15) is 22.3 Å². The predicted octanol–water partition coefficient (Wildman–Crippen LogP) is 16.6. The van der Waals surface area contributed by atoms with E-state index in [1.54, 1.807) is 0 Å². The van der Waals surface area contributed by atoms with Crippen molar-refractivity contribution in [2.24, 2.45) is 0 Å². The summed E-state index contributed by atoms with van der Waals surface area (Å²) in [6, 6.07) is 89.2. The van der Waals surface area contributed by atoms with E-state index < -0.39 is 5.41 Å². The van der Waals surface area contributed by atoms with E-state index in [0.29, 0.717) is 17.5 Å². The number of fused-ring (bicyclic) bond motifs is 6. The smallest absolute Gasteiger partial charge is 0.164 e. The van der Waals surface area contributed by atoms with E-state index in [4.69, 9.17) is 15.0 Å². The van der Waals surface area contributed by atoms with Gasteiger partial charge in [-0.15, -0.1) is 11.3 Å². The van der Waals surface area contributed by atoms with E-state index in [2.05, 4.69) is 249 Å². The zero-order valence-corrected chi connectivity index (χ0v) is 37.7. The van der Waals surface area contributed by atoms with Crippen LogP contribution in [-0.2, 0) is 5.41 Å². The van der Waals surface area contributed by atoms with Crippen LogP contribution in [0.15, 0.2) is 249 Å². The van der Waals surface area contributed by atoms with Crippen molar-refractivity contribution < 1.29 is 0 Å². The van der Waals surface area contributed by atoms with Gasteiger partial charge < -0.3 is 0 Å². The van der Waals surface area contributed by atoms with Crippen LogP contribution < -0.4 is 0 Å². The molecule has 0 bridgehead atoms. The first kappa shape index (κ1) is 39.8. The molecule has 1 aliphatic carbocycles. The molecule has 318 valence electrons. The Bertz CT molecular complexity index is 3800. The number of hydrogen-bond acceptors (Lipinski definition) is 4. The van der Waals surface area contributed by atoms with Gasteiger partial charge in [0.15, 0.2) is 17.5 Å². The first-order valence-electron chi connectivity index (χ1n) is 23.1. The largest absolute Gasteiger partial charge is 0.208 e. The minimum atomic E-state index is -0.555. The fourth-order valence-corrected chi connectivity index (χ4v) is 11.9. The number of benzene rings is 10. The number of rotatable bonds is 8. The lowest BCUT2D eigenvalue weighted by atomic mass is 9.67.